The van der Waals surface area contributed by atoms with Crippen LogP contribution in [0.2, 0.25) is 10.0 Å². The molecule has 2 aromatic rings. The molecule has 0 saturated carbocycles. The van der Waals surface area contributed by atoms with E-state index in [1.807, 2.05) is 18.2 Å². The standard InChI is InChI=1S/C16H13Cl2N3O2/c17-9-5-6-10(18)13(7-9)20-15(22)8-14-16(23)21-12-4-2-1-3-11(12)19-14/h1-7,14,19H,8H2,(H,20,22)(H,21,23)/t14-/m1/s1. The van der Waals surface area contributed by atoms with E-state index in [-0.39, 0.29) is 18.2 Å². The summed E-state index contributed by atoms with van der Waals surface area (Å²) in [5.74, 6) is -0.586. The van der Waals surface area contributed by atoms with Gasteiger partial charge < -0.3 is 16.0 Å². The average Bonchev–Trinajstić information content (AvgIpc) is 2.51. The zero-order valence-electron chi connectivity index (χ0n) is 11.9. The molecule has 0 radical (unpaired) electrons. The van der Waals surface area contributed by atoms with E-state index in [1.54, 1.807) is 24.3 Å². The molecule has 1 aliphatic heterocycles. The highest BCUT2D eigenvalue weighted by Crippen LogP contribution is 2.28. The Labute approximate surface area is 143 Å². The van der Waals surface area contributed by atoms with Crippen molar-refractivity contribution in [3.63, 3.8) is 0 Å². The van der Waals surface area contributed by atoms with Gasteiger partial charge in [0.15, 0.2) is 0 Å². The first-order valence-electron chi connectivity index (χ1n) is 6.94. The van der Waals surface area contributed by atoms with Gasteiger partial charge in [0, 0.05) is 5.02 Å². The molecular weight excluding hydrogens is 337 g/mol. The van der Waals surface area contributed by atoms with E-state index in [4.69, 9.17) is 23.2 Å². The van der Waals surface area contributed by atoms with Gasteiger partial charge in [0.2, 0.25) is 11.8 Å². The smallest absolute Gasteiger partial charge is 0.247 e. The van der Waals surface area contributed by atoms with E-state index in [1.165, 1.54) is 0 Å². The van der Waals surface area contributed by atoms with Crippen LogP contribution in [0.3, 0.4) is 0 Å². The molecule has 0 saturated heterocycles. The number of hydrogen-bond donors (Lipinski definition) is 3. The van der Waals surface area contributed by atoms with Crippen molar-refractivity contribution in [2.75, 3.05) is 16.0 Å². The molecule has 0 fully saturated rings. The first-order chi connectivity index (χ1) is 11.0. The van der Waals surface area contributed by atoms with Crippen LogP contribution in [0.15, 0.2) is 42.5 Å². The summed E-state index contributed by atoms with van der Waals surface area (Å²) in [5, 5.41) is 9.34. The number of para-hydroxylation sites is 2. The second-order valence-corrected chi connectivity index (χ2v) is 5.95. The third-order valence-corrected chi connectivity index (χ3v) is 3.99. The van der Waals surface area contributed by atoms with Crippen molar-refractivity contribution in [2.45, 2.75) is 12.5 Å². The van der Waals surface area contributed by atoms with Crippen molar-refractivity contribution in [1.29, 1.82) is 0 Å². The molecule has 0 spiro atoms. The molecule has 5 nitrogen and oxygen atoms in total. The number of halogens is 2. The number of nitrogens with one attached hydrogen (secondary N) is 3. The fourth-order valence-electron chi connectivity index (χ4n) is 2.31. The van der Waals surface area contributed by atoms with E-state index in [0.717, 1.165) is 5.69 Å². The molecule has 7 heteroatoms. The van der Waals surface area contributed by atoms with Crippen molar-refractivity contribution in [3.8, 4) is 0 Å². The minimum atomic E-state index is -0.650. The topological polar surface area (TPSA) is 70.2 Å². The third kappa shape index (κ3) is 3.57. The maximum absolute atomic E-state index is 12.2. The Hall–Kier alpha value is -2.24. The largest absolute Gasteiger partial charge is 0.372 e. The van der Waals surface area contributed by atoms with Crippen molar-refractivity contribution < 1.29 is 9.59 Å². The van der Waals surface area contributed by atoms with Crippen LogP contribution in [0.1, 0.15) is 6.42 Å². The predicted molar refractivity (Wildman–Crippen MR) is 92.2 cm³/mol. The Morgan fingerprint density at radius 3 is 2.65 bits per heavy atom. The van der Waals surface area contributed by atoms with E-state index >= 15 is 0 Å². The number of carbonyl (C=O) groups excluding carboxylic acids is 2. The summed E-state index contributed by atoms with van der Waals surface area (Å²) in [5.41, 5.74) is 1.90. The molecule has 2 amide bonds. The molecule has 1 heterocycles. The maximum Gasteiger partial charge on any atom is 0.247 e. The number of rotatable bonds is 3. The Kier molecular flexibility index (Phi) is 4.41. The maximum atomic E-state index is 12.2. The van der Waals surface area contributed by atoms with Gasteiger partial charge in [0.25, 0.3) is 0 Å². The fraction of sp³-hybridized carbons (Fsp3) is 0.125. The number of carbonyl (C=O) groups is 2. The molecule has 0 aliphatic carbocycles. The minimum absolute atomic E-state index is 0.0248. The third-order valence-electron chi connectivity index (χ3n) is 3.42. The van der Waals surface area contributed by atoms with Gasteiger partial charge in [-0.15, -0.1) is 0 Å². The minimum Gasteiger partial charge on any atom is -0.372 e. The summed E-state index contributed by atoms with van der Waals surface area (Å²) in [7, 11) is 0. The van der Waals surface area contributed by atoms with Crippen LogP contribution in [0.4, 0.5) is 17.1 Å². The van der Waals surface area contributed by atoms with Gasteiger partial charge in [-0.2, -0.15) is 0 Å². The van der Waals surface area contributed by atoms with Crippen molar-refractivity contribution in [3.05, 3.63) is 52.5 Å². The summed E-state index contributed by atoms with van der Waals surface area (Å²) in [6, 6.07) is 11.5. The van der Waals surface area contributed by atoms with Crippen LogP contribution < -0.4 is 16.0 Å². The quantitative estimate of drug-likeness (QED) is 0.790. The van der Waals surface area contributed by atoms with Crippen LogP contribution in [-0.2, 0) is 9.59 Å². The van der Waals surface area contributed by atoms with Gasteiger partial charge in [-0.25, -0.2) is 0 Å². The fourth-order valence-corrected chi connectivity index (χ4v) is 2.65. The van der Waals surface area contributed by atoms with E-state index in [9.17, 15) is 9.59 Å². The molecule has 0 aromatic heterocycles. The lowest BCUT2D eigenvalue weighted by Crippen LogP contribution is -2.41. The van der Waals surface area contributed by atoms with Crippen molar-refractivity contribution in [2.24, 2.45) is 0 Å². The van der Waals surface area contributed by atoms with E-state index < -0.39 is 6.04 Å². The molecule has 1 aliphatic rings. The van der Waals surface area contributed by atoms with Gasteiger partial charge >= 0.3 is 0 Å². The lowest BCUT2D eigenvalue weighted by Gasteiger charge is -2.26. The highest BCUT2D eigenvalue weighted by Gasteiger charge is 2.27. The zero-order chi connectivity index (χ0) is 16.4. The second-order valence-electron chi connectivity index (χ2n) is 5.11. The first-order valence-corrected chi connectivity index (χ1v) is 7.70. The lowest BCUT2D eigenvalue weighted by molar-refractivity contribution is -0.122. The van der Waals surface area contributed by atoms with Gasteiger partial charge in [-0.3, -0.25) is 9.59 Å². The van der Waals surface area contributed by atoms with Gasteiger partial charge in [0.05, 0.1) is 28.5 Å². The molecule has 2 aromatic carbocycles. The first kappa shape index (κ1) is 15.6. The van der Waals surface area contributed by atoms with Crippen molar-refractivity contribution in [1.82, 2.24) is 0 Å². The molecular formula is C16H13Cl2N3O2. The Morgan fingerprint density at radius 1 is 1.13 bits per heavy atom. The summed E-state index contributed by atoms with van der Waals surface area (Å²) in [6.07, 6.45) is -0.0248. The zero-order valence-corrected chi connectivity index (χ0v) is 13.4. The van der Waals surface area contributed by atoms with E-state index in [0.29, 0.717) is 21.4 Å². The van der Waals surface area contributed by atoms with Gasteiger partial charge in [-0.1, -0.05) is 35.3 Å². The summed E-state index contributed by atoms with van der Waals surface area (Å²) >= 11 is 11.9. The van der Waals surface area contributed by atoms with Crippen LogP contribution in [-0.4, -0.2) is 17.9 Å². The molecule has 3 N–H and O–H groups in total. The molecule has 0 bridgehead atoms. The molecule has 0 unspecified atom stereocenters. The van der Waals surface area contributed by atoms with Crippen LogP contribution in [0, 0.1) is 0 Å². The number of hydrogen-bond acceptors (Lipinski definition) is 3. The molecule has 23 heavy (non-hydrogen) atoms. The molecule has 3 rings (SSSR count). The van der Waals surface area contributed by atoms with Gasteiger partial charge in [-0.05, 0) is 30.3 Å². The Morgan fingerprint density at radius 2 is 1.87 bits per heavy atom. The number of fused-ring (bicyclic) bond motifs is 1. The van der Waals surface area contributed by atoms with Crippen LogP contribution in [0.5, 0.6) is 0 Å². The number of anilines is 3. The summed E-state index contributed by atoms with van der Waals surface area (Å²) in [6.45, 7) is 0. The Balaban J connectivity index is 1.69. The Bertz CT molecular complexity index is 780. The second kappa shape index (κ2) is 6.48. The number of amides is 2. The average molecular weight is 350 g/mol. The highest BCUT2D eigenvalue weighted by molar-refractivity contribution is 6.35. The summed E-state index contributed by atoms with van der Waals surface area (Å²) in [4.78, 5) is 24.2. The lowest BCUT2D eigenvalue weighted by atomic mass is 10.1. The monoisotopic (exact) mass is 349 g/mol. The normalized spacial score (nSPS) is 16.1. The number of benzene rings is 2. The van der Waals surface area contributed by atoms with Crippen molar-refractivity contribution >= 4 is 52.1 Å². The van der Waals surface area contributed by atoms with Crippen LogP contribution in [0.25, 0.3) is 0 Å². The van der Waals surface area contributed by atoms with Gasteiger partial charge in [0.1, 0.15) is 6.04 Å². The van der Waals surface area contributed by atoms with Crippen LogP contribution >= 0.6 is 23.2 Å². The summed E-state index contributed by atoms with van der Waals surface area (Å²) < 4.78 is 0. The SMILES string of the molecule is O=C(C[C@H]1Nc2ccccc2NC1=O)Nc1cc(Cl)ccc1Cl. The predicted octanol–water partition coefficient (Wildman–Crippen LogP) is 3.75. The molecule has 118 valence electrons. The highest BCUT2D eigenvalue weighted by atomic mass is 35.5. The van der Waals surface area contributed by atoms with E-state index in [2.05, 4.69) is 16.0 Å². The molecule has 1 atom stereocenters.